The summed E-state index contributed by atoms with van der Waals surface area (Å²) in [5, 5.41) is 9.39. The van der Waals surface area contributed by atoms with Crippen molar-refractivity contribution in [2.24, 2.45) is 0 Å². The van der Waals surface area contributed by atoms with E-state index in [4.69, 9.17) is 0 Å². The van der Waals surface area contributed by atoms with Gasteiger partial charge in [-0.2, -0.15) is 5.10 Å². The van der Waals surface area contributed by atoms with Crippen molar-refractivity contribution < 1.29 is 9.18 Å². The first-order valence-electron chi connectivity index (χ1n) is 7.21. The molecule has 1 amide bonds. The smallest absolute Gasteiger partial charge is 0.264 e. The average molecular weight is 301 g/mol. The number of aromatic nitrogens is 2. The van der Waals surface area contributed by atoms with Gasteiger partial charge in [0.1, 0.15) is 5.82 Å². The first-order valence-corrected chi connectivity index (χ1v) is 7.21. The molecule has 1 atom stereocenters. The van der Waals surface area contributed by atoms with Crippen LogP contribution in [0.15, 0.2) is 35.1 Å². The van der Waals surface area contributed by atoms with Gasteiger partial charge in [0.2, 0.25) is 5.91 Å². The molecule has 114 valence electrons. The Morgan fingerprint density at radius 3 is 3.09 bits per heavy atom. The summed E-state index contributed by atoms with van der Waals surface area (Å²) < 4.78 is 13.1. The lowest BCUT2D eigenvalue weighted by Crippen LogP contribution is -2.40. The van der Waals surface area contributed by atoms with E-state index in [2.05, 4.69) is 15.5 Å². The normalized spacial score (nSPS) is 16.9. The van der Waals surface area contributed by atoms with Crippen molar-refractivity contribution in [1.29, 1.82) is 0 Å². The van der Waals surface area contributed by atoms with Gasteiger partial charge in [-0.25, -0.2) is 9.49 Å². The maximum Gasteiger partial charge on any atom is 0.264 e. The fraction of sp³-hybridized carbons (Fsp3) is 0.312. The van der Waals surface area contributed by atoms with Gasteiger partial charge in [0.25, 0.3) is 5.56 Å². The third kappa shape index (κ3) is 3.39. The van der Waals surface area contributed by atoms with E-state index in [9.17, 15) is 14.0 Å². The van der Waals surface area contributed by atoms with Crippen molar-refractivity contribution in [3.8, 4) is 0 Å². The first-order chi connectivity index (χ1) is 10.6. The van der Waals surface area contributed by atoms with Gasteiger partial charge in [-0.15, -0.1) is 0 Å². The number of benzene rings is 1. The number of halogens is 1. The molecule has 0 saturated carbocycles. The predicted octanol–water partition coefficient (Wildman–Crippen LogP) is 1.13. The number of rotatable bonds is 3. The minimum absolute atomic E-state index is 0.0165. The van der Waals surface area contributed by atoms with Gasteiger partial charge in [-0.3, -0.25) is 9.59 Å². The predicted molar refractivity (Wildman–Crippen MR) is 78.9 cm³/mol. The molecular weight excluding hydrogens is 285 g/mol. The minimum atomic E-state index is -0.345. The second-order valence-electron chi connectivity index (χ2n) is 5.52. The minimum Gasteiger partial charge on any atom is -0.353 e. The molecule has 0 saturated heterocycles. The second kappa shape index (κ2) is 6.09. The second-order valence-corrected chi connectivity index (χ2v) is 5.52. The molecular formula is C16H16FN3O2. The highest BCUT2D eigenvalue weighted by molar-refractivity contribution is 5.78. The molecule has 0 spiro atoms. The van der Waals surface area contributed by atoms with Crippen LogP contribution in [0, 0.1) is 5.82 Å². The Labute approximate surface area is 126 Å². The highest BCUT2D eigenvalue weighted by Gasteiger charge is 2.21. The zero-order valence-corrected chi connectivity index (χ0v) is 11.9. The van der Waals surface area contributed by atoms with Crippen molar-refractivity contribution in [2.45, 2.75) is 31.7 Å². The van der Waals surface area contributed by atoms with Crippen LogP contribution in [0.1, 0.15) is 23.2 Å². The summed E-state index contributed by atoms with van der Waals surface area (Å²) in [6, 6.07) is 7.54. The molecule has 0 radical (unpaired) electrons. The number of H-pyrrole nitrogens is 1. The van der Waals surface area contributed by atoms with E-state index in [1.54, 1.807) is 12.1 Å². The Bertz CT molecular complexity index is 757. The molecule has 0 aliphatic heterocycles. The summed E-state index contributed by atoms with van der Waals surface area (Å²) in [6.07, 6.45) is 2.24. The average Bonchev–Trinajstić information content (AvgIpc) is 2.46. The number of aryl methyl sites for hydroxylation is 1. The van der Waals surface area contributed by atoms with Crippen LogP contribution < -0.4 is 10.9 Å². The molecule has 1 aliphatic rings. The van der Waals surface area contributed by atoms with Gasteiger partial charge in [-0.05, 0) is 42.5 Å². The summed E-state index contributed by atoms with van der Waals surface area (Å²) in [5.41, 5.74) is 2.18. The molecule has 0 bridgehead atoms. The van der Waals surface area contributed by atoms with Gasteiger partial charge >= 0.3 is 0 Å². The number of hydrogen-bond donors (Lipinski definition) is 2. The summed E-state index contributed by atoms with van der Waals surface area (Å²) in [4.78, 5) is 23.4. The van der Waals surface area contributed by atoms with Crippen LogP contribution in [0.4, 0.5) is 4.39 Å². The van der Waals surface area contributed by atoms with Gasteiger partial charge in [-0.1, -0.05) is 12.1 Å². The molecule has 1 aromatic carbocycles. The van der Waals surface area contributed by atoms with E-state index >= 15 is 0 Å². The van der Waals surface area contributed by atoms with Crippen LogP contribution in [0.5, 0.6) is 0 Å². The molecule has 1 heterocycles. The van der Waals surface area contributed by atoms with E-state index in [0.29, 0.717) is 12.0 Å². The highest BCUT2D eigenvalue weighted by Crippen LogP contribution is 2.17. The maximum absolute atomic E-state index is 13.1. The lowest BCUT2D eigenvalue weighted by Gasteiger charge is -2.24. The van der Waals surface area contributed by atoms with Crippen molar-refractivity contribution in [2.75, 3.05) is 0 Å². The van der Waals surface area contributed by atoms with Gasteiger partial charge < -0.3 is 5.32 Å². The first kappa shape index (κ1) is 14.4. The Morgan fingerprint density at radius 1 is 1.41 bits per heavy atom. The number of aromatic amines is 1. The third-order valence-electron chi connectivity index (χ3n) is 3.79. The fourth-order valence-corrected chi connectivity index (χ4v) is 2.77. The van der Waals surface area contributed by atoms with Gasteiger partial charge in [0.15, 0.2) is 0 Å². The molecule has 1 unspecified atom stereocenters. The quantitative estimate of drug-likeness (QED) is 0.892. The summed E-state index contributed by atoms with van der Waals surface area (Å²) in [5.74, 6) is -0.487. The topological polar surface area (TPSA) is 74.8 Å². The van der Waals surface area contributed by atoms with E-state index in [1.807, 2.05) is 0 Å². The Kier molecular flexibility index (Phi) is 4.00. The number of nitrogens with zero attached hydrogens (tertiary/aromatic N) is 1. The molecule has 1 aromatic heterocycles. The lowest BCUT2D eigenvalue weighted by molar-refractivity contribution is -0.121. The third-order valence-corrected chi connectivity index (χ3v) is 3.79. The van der Waals surface area contributed by atoms with E-state index in [0.717, 1.165) is 24.1 Å². The van der Waals surface area contributed by atoms with Crippen LogP contribution in [0.25, 0.3) is 0 Å². The number of carbonyl (C=O) groups excluding carboxylic acids is 1. The van der Waals surface area contributed by atoms with Crippen molar-refractivity contribution >= 4 is 5.91 Å². The SMILES string of the molecule is O=C(Cc1cccc(F)c1)NC1CCc2n[nH]c(=O)cc2C1. The number of amides is 1. The summed E-state index contributed by atoms with van der Waals surface area (Å²) >= 11 is 0. The lowest BCUT2D eigenvalue weighted by atomic mass is 9.92. The molecule has 22 heavy (non-hydrogen) atoms. The fourth-order valence-electron chi connectivity index (χ4n) is 2.77. The summed E-state index contributed by atoms with van der Waals surface area (Å²) in [6.45, 7) is 0. The van der Waals surface area contributed by atoms with E-state index in [-0.39, 0.29) is 29.7 Å². The van der Waals surface area contributed by atoms with Crippen LogP contribution >= 0.6 is 0 Å². The molecule has 3 rings (SSSR count). The van der Waals surface area contributed by atoms with Crippen LogP contribution in [-0.2, 0) is 24.1 Å². The number of carbonyl (C=O) groups is 1. The number of fused-ring (bicyclic) bond motifs is 1. The Balaban J connectivity index is 1.62. The molecule has 1 aliphatic carbocycles. The highest BCUT2D eigenvalue weighted by atomic mass is 19.1. The van der Waals surface area contributed by atoms with Crippen LogP contribution in [0.2, 0.25) is 0 Å². The molecule has 2 aromatic rings. The standard InChI is InChI=1S/C16H16FN3O2/c17-12-3-1-2-10(6-12)7-15(21)18-13-4-5-14-11(8-13)9-16(22)20-19-14/h1-3,6,9,13H,4-5,7-8H2,(H,18,21)(H,20,22). The largest absolute Gasteiger partial charge is 0.353 e. The Morgan fingerprint density at radius 2 is 2.27 bits per heavy atom. The van der Waals surface area contributed by atoms with Gasteiger partial charge in [0, 0.05) is 12.1 Å². The molecule has 6 heteroatoms. The van der Waals surface area contributed by atoms with Crippen LogP contribution in [0.3, 0.4) is 0 Å². The molecule has 0 fully saturated rings. The maximum atomic E-state index is 13.1. The Hall–Kier alpha value is -2.50. The number of nitrogens with one attached hydrogen (secondary N) is 2. The van der Waals surface area contributed by atoms with Crippen molar-refractivity contribution in [1.82, 2.24) is 15.5 Å². The van der Waals surface area contributed by atoms with E-state index < -0.39 is 0 Å². The van der Waals surface area contributed by atoms with Crippen LogP contribution in [-0.4, -0.2) is 22.1 Å². The molecule has 5 nitrogen and oxygen atoms in total. The van der Waals surface area contributed by atoms with Crippen molar-refractivity contribution in [3.63, 3.8) is 0 Å². The molecule has 2 N–H and O–H groups in total. The summed E-state index contributed by atoms with van der Waals surface area (Å²) in [7, 11) is 0. The monoisotopic (exact) mass is 301 g/mol. The van der Waals surface area contributed by atoms with Gasteiger partial charge in [0.05, 0.1) is 12.1 Å². The number of hydrogen-bond acceptors (Lipinski definition) is 3. The van der Waals surface area contributed by atoms with E-state index in [1.165, 1.54) is 18.2 Å². The zero-order chi connectivity index (χ0) is 15.5. The van der Waals surface area contributed by atoms with Crippen molar-refractivity contribution in [3.05, 3.63) is 63.3 Å². The zero-order valence-electron chi connectivity index (χ0n) is 11.9.